The molecule has 0 aromatic heterocycles. The minimum Gasteiger partial charge on any atom is -0.480 e. The number of rotatable bonds is 5. The molecule has 0 rings (SSSR count). The van der Waals surface area contributed by atoms with Gasteiger partial charge in [-0.1, -0.05) is 20.3 Å². The van der Waals surface area contributed by atoms with Gasteiger partial charge in [0.2, 0.25) is 0 Å². The Balaban J connectivity index is 4.28. The summed E-state index contributed by atoms with van der Waals surface area (Å²) in [5, 5.41) is 10.6. The Morgan fingerprint density at radius 3 is 2.29 bits per heavy atom. The summed E-state index contributed by atoms with van der Waals surface area (Å²) in [6, 6.07) is -1.26. The Kier molecular flexibility index (Phi) is 5.77. The number of amides is 1. The lowest BCUT2D eigenvalue weighted by atomic mass is 10.00. The van der Waals surface area contributed by atoms with Crippen LogP contribution < -0.4 is 5.32 Å². The van der Waals surface area contributed by atoms with E-state index in [2.05, 4.69) is 4.74 Å². The monoisotopic (exact) mass is 257 g/mol. The summed E-state index contributed by atoms with van der Waals surface area (Å²) in [7, 11) is 0. The van der Waals surface area contributed by atoms with Gasteiger partial charge in [-0.3, -0.25) is 0 Å². The molecule has 0 aromatic rings. The van der Waals surface area contributed by atoms with Gasteiger partial charge in [0.15, 0.2) is 6.61 Å². The average molecular weight is 257 g/mol. The van der Waals surface area contributed by atoms with E-state index < -0.39 is 36.8 Å². The minimum atomic E-state index is -4.63. The van der Waals surface area contributed by atoms with Gasteiger partial charge in [0.25, 0.3) is 0 Å². The Labute approximate surface area is 95.9 Å². The molecule has 0 unspecified atom stereocenters. The van der Waals surface area contributed by atoms with Gasteiger partial charge in [-0.25, -0.2) is 9.59 Å². The number of alkyl halides is 3. The van der Waals surface area contributed by atoms with Crippen LogP contribution in [0.3, 0.4) is 0 Å². The van der Waals surface area contributed by atoms with Crippen LogP contribution in [-0.4, -0.2) is 36.0 Å². The molecule has 100 valence electrons. The second-order valence-electron chi connectivity index (χ2n) is 3.54. The minimum absolute atomic E-state index is 0.411. The van der Waals surface area contributed by atoms with E-state index in [1.807, 2.05) is 5.32 Å². The number of aliphatic carboxylic acids is 1. The van der Waals surface area contributed by atoms with E-state index in [0.717, 1.165) is 0 Å². The van der Waals surface area contributed by atoms with Crippen molar-refractivity contribution in [2.24, 2.45) is 5.92 Å². The third kappa shape index (κ3) is 6.64. The third-order valence-corrected chi connectivity index (χ3v) is 2.12. The molecule has 0 saturated heterocycles. The maximum atomic E-state index is 11.7. The van der Waals surface area contributed by atoms with E-state index in [0.29, 0.717) is 6.42 Å². The van der Waals surface area contributed by atoms with Crippen LogP contribution in [0.15, 0.2) is 0 Å². The Morgan fingerprint density at radius 2 is 1.94 bits per heavy atom. The van der Waals surface area contributed by atoms with Gasteiger partial charge in [-0.15, -0.1) is 0 Å². The molecule has 1 amide bonds. The van der Waals surface area contributed by atoms with Crippen LogP contribution in [0.25, 0.3) is 0 Å². The topological polar surface area (TPSA) is 75.6 Å². The molecule has 0 bridgehead atoms. The molecule has 2 N–H and O–H groups in total. The molecule has 0 aliphatic carbocycles. The number of halogens is 3. The van der Waals surface area contributed by atoms with Crippen molar-refractivity contribution in [2.75, 3.05) is 6.61 Å². The average Bonchev–Trinajstić information content (AvgIpc) is 2.20. The molecule has 17 heavy (non-hydrogen) atoms. The lowest BCUT2D eigenvalue weighted by Crippen LogP contribution is -2.45. The predicted octanol–water partition coefficient (Wildman–Crippen LogP) is 1.77. The summed E-state index contributed by atoms with van der Waals surface area (Å²) in [6.07, 6.45) is -5.57. The molecule has 8 heteroatoms. The molecule has 2 atom stereocenters. The van der Waals surface area contributed by atoms with Gasteiger partial charge in [0.05, 0.1) is 0 Å². The molecule has 0 aliphatic rings. The van der Waals surface area contributed by atoms with Crippen molar-refractivity contribution in [2.45, 2.75) is 32.5 Å². The van der Waals surface area contributed by atoms with Gasteiger partial charge in [0, 0.05) is 0 Å². The first kappa shape index (κ1) is 15.5. The number of carbonyl (C=O) groups excluding carboxylic acids is 1. The first-order valence-corrected chi connectivity index (χ1v) is 4.90. The summed E-state index contributed by atoms with van der Waals surface area (Å²) in [5.74, 6) is -1.73. The van der Waals surface area contributed by atoms with E-state index >= 15 is 0 Å². The van der Waals surface area contributed by atoms with Gasteiger partial charge in [-0.05, 0) is 5.92 Å². The van der Waals surface area contributed by atoms with E-state index in [4.69, 9.17) is 5.11 Å². The maximum absolute atomic E-state index is 11.7. The lowest BCUT2D eigenvalue weighted by molar-refractivity contribution is -0.160. The van der Waals surface area contributed by atoms with Crippen LogP contribution in [0.5, 0.6) is 0 Å². The van der Waals surface area contributed by atoms with Crippen LogP contribution >= 0.6 is 0 Å². The second-order valence-corrected chi connectivity index (χ2v) is 3.54. The molecule has 5 nitrogen and oxygen atoms in total. The normalized spacial score (nSPS) is 14.9. The van der Waals surface area contributed by atoms with Crippen LogP contribution in [-0.2, 0) is 9.53 Å². The number of ether oxygens (including phenoxy) is 1. The summed E-state index contributed by atoms with van der Waals surface area (Å²) in [5.41, 5.74) is 0. The smallest absolute Gasteiger partial charge is 0.422 e. The standard InChI is InChI=1S/C9H14F3NO4/c1-3-5(2)6(7(14)15)13-8(16)17-4-9(10,11)12/h5-6H,3-4H2,1-2H3,(H,13,16)(H,14,15)/t5-,6+/m0/s1. The highest BCUT2D eigenvalue weighted by Crippen LogP contribution is 2.14. The number of alkyl carbamates (subject to hydrolysis) is 1. The maximum Gasteiger partial charge on any atom is 0.422 e. The molecule has 0 fully saturated rings. The first-order valence-electron chi connectivity index (χ1n) is 4.90. The van der Waals surface area contributed by atoms with Gasteiger partial charge in [-0.2, -0.15) is 13.2 Å². The molecule has 0 spiro atoms. The summed E-state index contributed by atoms with van der Waals surface area (Å²) in [6.45, 7) is 1.51. The van der Waals surface area contributed by atoms with Crippen LogP contribution in [0.2, 0.25) is 0 Å². The zero-order chi connectivity index (χ0) is 13.6. The number of carboxylic acid groups (broad SMARTS) is 1. The van der Waals surface area contributed by atoms with Gasteiger partial charge >= 0.3 is 18.2 Å². The van der Waals surface area contributed by atoms with E-state index in [9.17, 15) is 22.8 Å². The highest BCUT2D eigenvalue weighted by atomic mass is 19.4. The molecule has 0 aromatic carbocycles. The number of hydrogen-bond acceptors (Lipinski definition) is 3. The van der Waals surface area contributed by atoms with Gasteiger partial charge in [0.1, 0.15) is 6.04 Å². The Bertz CT molecular complexity index is 280. The van der Waals surface area contributed by atoms with Crippen molar-refractivity contribution < 1.29 is 32.6 Å². The van der Waals surface area contributed by atoms with E-state index in [1.165, 1.54) is 0 Å². The number of nitrogens with one attached hydrogen (secondary N) is 1. The van der Waals surface area contributed by atoms with Crippen molar-refractivity contribution in [3.05, 3.63) is 0 Å². The zero-order valence-corrected chi connectivity index (χ0v) is 9.37. The Morgan fingerprint density at radius 1 is 1.41 bits per heavy atom. The summed E-state index contributed by atoms with van der Waals surface area (Å²) >= 11 is 0. The van der Waals surface area contributed by atoms with E-state index in [-0.39, 0.29) is 0 Å². The molecule has 0 heterocycles. The van der Waals surface area contributed by atoms with Crippen molar-refractivity contribution in [1.82, 2.24) is 5.32 Å². The lowest BCUT2D eigenvalue weighted by Gasteiger charge is -2.19. The molecule has 0 aliphatic heterocycles. The fraction of sp³-hybridized carbons (Fsp3) is 0.778. The number of carbonyl (C=O) groups is 2. The fourth-order valence-corrected chi connectivity index (χ4v) is 0.999. The molecular formula is C9H14F3NO4. The summed E-state index contributed by atoms with van der Waals surface area (Å²) < 4.78 is 39.0. The van der Waals surface area contributed by atoms with E-state index in [1.54, 1.807) is 13.8 Å². The van der Waals surface area contributed by atoms with Crippen LogP contribution in [0.1, 0.15) is 20.3 Å². The first-order chi connectivity index (χ1) is 7.67. The quantitative estimate of drug-likeness (QED) is 0.787. The Hall–Kier alpha value is -1.47. The number of hydrogen-bond donors (Lipinski definition) is 2. The predicted molar refractivity (Wildman–Crippen MR) is 51.4 cm³/mol. The third-order valence-electron chi connectivity index (χ3n) is 2.12. The van der Waals surface area contributed by atoms with Crippen molar-refractivity contribution >= 4 is 12.1 Å². The summed E-state index contributed by atoms with van der Waals surface area (Å²) in [4.78, 5) is 21.7. The van der Waals surface area contributed by atoms with Crippen LogP contribution in [0.4, 0.5) is 18.0 Å². The zero-order valence-electron chi connectivity index (χ0n) is 9.37. The molecular weight excluding hydrogens is 243 g/mol. The van der Waals surface area contributed by atoms with Crippen molar-refractivity contribution in [3.8, 4) is 0 Å². The van der Waals surface area contributed by atoms with Crippen molar-refractivity contribution in [1.29, 1.82) is 0 Å². The molecule has 0 radical (unpaired) electrons. The largest absolute Gasteiger partial charge is 0.480 e. The van der Waals surface area contributed by atoms with Crippen LogP contribution in [0, 0.1) is 5.92 Å². The number of carboxylic acids is 1. The highest BCUT2D eigenvalue weighted by molar-refractivity contribution is 5.80. The van der Waals surface area contributed by atoms with Crippen molar-refractivity contribution in [3.63, 3.8) is 0 Å². The van der Waals surface area contributed by atoms with Gasteiger partial charge < -0.3 is 15.2 Å². The molecule has 0 saturated carbocycles. The SMILES string of the molecule is CC[C@H](C)[C@@H](NC(=O)OCC(F)(F)F)C(=O)O. The highest BCUT2D eigenvalue weighted by Gasteiger charge is 2.31. The second kappa shape index (κ2) is 6.31. The fourth-order valence-electron chi connectivity index (χ4n) is 0.999.